The van der Waals surface area contributed by atoms with Crippen LogP contribution < -0.4 is 21.2 Å². The largest absolute Gasteiger partial charge is 0.471 e. The van der Waals surface area contributed by atoms with Gasteiger partial charge in [0.15, 0.2) is 0 Å². The SMILES string of the molecule is O=C(Nc1ccccc1C1=NC2c3ccccc3CC2O1)c1ccccc1P(c1ccccc1)c1ccccc1. The number of nitrogens with one attached hydrogen (secondary N) is 1. The minimum atomic E-state index is -0.931. The summed E-state index contributed by atoms with van der Waals surface area (Å²) in [6, 6.07) is 45.0. The lowest BCUT2D eigenvalue weighted by Crippen LogP contribution is -2.27. The number of rotatable bonds is 6. The van der Waals surface area contributed by atoms with E-state index in [0.29, 0.717) is 17.1 Å². The van der Waals surface area contributed by atoms with E-state index >= 15 is 0 Å². The minimum Gasteiger partial charge on any atom is -0.471 e. The Morgan fingerprint density at radius 1 is 0.725 bits per heavy atom. The molecular weight excluding hydrogens is 511 g/mol. The first kappa shape index (κ1) is 24.5. The van der Waals surface area contributed by atoms with Crippen molar-refractivity contribution in [2.75, 3.05) is 5.32 Å². The number of aliphatic imine (C=N–C) groups is 1. The maximum Gasteiger partial charge on any atom is 0.256 e. The summed E-state index contributed by atoms with van der Waals surface area (Å²) in [5.41, 5.74) is 4.68. The van der Waals surface area contributed by atoms with Crippen LogP contribution in [0.15, 0.2) is 138 Å². The van der Waals surface area contributed by atoms with Crippen molar-refractivity contribution in [3.8, 4) is 0 Å². The zero-order chi connectivity index (χ0) is 26.9. The van der Waals surface area contributed by atoms with Gasteiger partial charge >= 0.3 is 0 Å². The molecule has 0 spiro atoms. The molecule has 0 saturated heterocycles. The van der Waals surface area contributed by atoms with E-state index in [1.807, 2.05) is 54.6 Å². The third-order valence-electron chi connectivity index (χ3n) is 7.49. The second kappa shape index (κ2) is 10.6. The Morgan fingerprint density at radius 2 is 1.35 bits per heavy atom. The van der Waals surface area contributed by atoms with Crippen molar-refractivity contribution in [2.24, 2.45) is 4.99 Å². The van der Waals surface area contributed by atoms with Gasteiger partial charge in [-0.2, -0.15) is 0 Å². The van der Waals surface area contributed by atoms with Crippen LogP contribution in [0.1, 0.15) is 33.1 Å². The van der Waals surface area contributed by atoms with Crippen LogP contribution in [0.3, 0.4) is 0 Å². The highest BCUT2D eigenvalue weighted by atomic mass is 31.1. The predicted octanol–water partition coefficient (Wildman–Crippen LogP) is 6.14. The predicted molar refractivity (Wildman–Crippen MR) is 164 cm³/mol. The Bertz CT molecular complexity index is 1680. The average Bonchev–Trinajstić information content (AvgIpc) is 3.57. The molecule has 1 aliphatic heterocycles. The van der Waals surface area contributed by atoms with Crippen molar-refractivity contribution in [1.82, 2.24) is 0 Å². The lowest BCUT2D eigenvalue weighted by atomic mass is 10.1. The van der Waals surface area contributed by atoms with Gasteiger partial charge < -0.3 is 10.1 Å². The van der Waals surface area contributed by atoms with Gasteiger partial charge in [0.2, 0.25) is 5.90 Å². The van der Waals surface area contributed by atoms with E-state index in [1.165, 1.54) is 21.7 Å². The third-order valence-corrected chi connectivity index (χ3v) is 9.99. The number of nitrogens with zero attached hydrogens (tertiary/aromatic N) is 1. The molecule has 1 amide bonds. The maximum atomic E-state index is 13.9. The molecule has 2 atom stereocenters. The van der Waals surface area contributed by atoms with E-state index in [2.05, 4.69) is 84.2 Å². The van der Waals surface area contributed by atoms with Gasteiger partial charge in [-0.05, 0) is 53.2 Å². The first-order valence-corrected chi connectivity index (χ1v) is 14.8. The number of anilines is 1. The molecule has 5 aromatic rings. The summed E-state index contributed by atoms with van der Waals surface area (Å²) in [5.74, 6) is 0.441. The fraction of sp³-hybridized carbons (Fsp3) is 0.0857. The number of carbonyl (C=O) groups excluding carboxylic acids is 1. The molecule has 0 radical (unpaired) electrons. The van der Waals surface area contributed by atoms with Gasteiger partial charge in [0.1, 0.15) is 12.1 Å². The normalized spacial score (nSPS) is 17.1. The molecule has 5 aromatic carbocycles. The van der Waals surface area contributed by atoms with Crippen LogP contribution in [0, 0.1) is 0 Å². The van der Waals surface area contributed by atoms with E-state index in [-0.39, 0.29) is 18.1 Å². The van der Waals surface area contributed by atoms with Crippen molar-refractivity contribution in [2.45, 2.75) is 18.6 Å². The molecule has 1 N–H and O–H groups in total. The van der Waals surface area contributed by atoms with Gasteiger partial charge in [-0.3, -0.25) is 4.79 Å². The minimum absolute atomic E-state index is 0.00260. The number of amides is 1. The number of fused-ring (bicyclic) bond motifs is 3. The Hall–Kier alpha value is -4.53. The molecule has 0 fully saturated rings. The van der Waals surface area contributed by atoms with Gasteiger partial charge in [-0.15, -0.1) is 0 Å². The number of benzene rings is 5. The van der Waals surface area contributed by atoms with Gasteiger partial charge in [0, 0.05) is 12.0 Å². The van der Waals surface area contributed by atoms with E-state index < -0.39 is 7.92 Å². The summed E-state index contributed by atoms with van der Waals surface area (Å²) >= 11 is 0. The molecular formula is C35H27N2O2P. The Morgan fingerprint density at radius 3 is 2.12 bits per heavy atom. The van der Waals surface area contributed by atoms with Gasteiger partial charge in [0.05, 0.1) is 11.3 Å². The highest BCUT2D eigenvalue weighted by Crippen LogP contribution is 2.41. The Labute approximate surface area is 235 Å². The Balaban J connectivity index is 1.23. The van der Waals surface area contributed by atoms with Crippen molar-refractivity contribution < 1.29 is 9.53 Å². The van der Waals surface area contributed by atoms with Crippen molar-refractivity contribution >= 4 is 41.3 Å². The lowest BCUT2D eigenvalue weighted by molar-refractivity contribution is 0.102. The Kier molecular flexibility index (Phi) is 6.47. The number of hydrogen-bond acceptors (Lipinski definition) is 3. The topological polar surface area (TPSA) is 50.7 Å². The quantitative estimate of drug-likeness (QED) is 0.264. The van der Waals surface area contributed by atoms with Crippen LogP contribution in [-0.2, 0) is 11.2 Å². The summed E-state index contributed by atoms with van der Waals surface area (Å²) in [7, 11) is -0.931. The van der Waals surface area contributed by atoms with Crippen molar-refractivity contribution in [1.29, 1.82) is 0 Å². The molecule has 0 bridgehead atoms. The summed E-state index contributed by atoms with van der Waals surface area (Å²) in [6.07, 6.45) is 0.843. The summed E-state index contributed by atoms with van der Waals surface area (Å²) in [6.45, 7) is 0. The van der Waals surface area contributed by atoms with E-state index in [1.54, 1.807) is 0 Å². The molecule has 5 heteroatoms. The zero-order valence-electron chi connectivity index (χ0n) is 21.8. The third kappa shape index (κ3) is 4.51. The van der Waals surface area contributed by atoms with Crippen LogP contribution in [0.2, 0.25) is 0 Å². The highest BCUT2D eigenvalue weighted by Gasteiger charge is 2.40. The van der Waals surface area contributed by atoms with Crippen LogP contribution in [-0.4, -0.2) is 17.9 Å². The summed E-state index contributed by atoms with van der Waals surface area (Å²) in [5, 5.41) is 6.61. The molecule has 4 nitrogen and oxygen atoms in total. The second-order valence-electron chi connectivity index (χ2n) is 9.96. The zero-order valence-corrected chi connectivity index (χ0v) is 22.7. The molecule has 0 saturated carbocycles. The maximum absolute atomic E-state index is 13.9. The van der Waals surface area contributed by atoms with Crippen LogP contribution in [0.5, 0.6) is 0 Å². The van der Waals surface area contributed by atoms with Gasteiger partial charge in [-0.1, -0.05) is 115 Å². The molecule has 1 aliphatic carbocycles. The number of hydrogen-bond donors (Lipinski definition) is 1. The fourth-order valence-electron chi connectivity index (χ4n) is 5.64. The van der Waals surface area contributed by atoms with E-state index in [0.717, 1.165) is 17.3 Å². The first-order valence-electron chi connectivity index (χ1n) is 13.5. The fourth-order valence-corrected chi connectivity index (χ4v) is 8.09. The van der Waals surface area contributed by atoms with Crippen molar-refractivity contribution in [3.05, 3.63) is 156 Å². The van der Waals surface area contributed by atoms with Crippen LogP contribution in [0.25, 0.3) is 0 Å². The number of carbonyl (C=O) groups is 1. The van der Waals surface area contributed by atoms with E-state index in [9.17, 15) is 4.79 Å². The molecule has 0 aromatic heterocycles. The lowest BCUT2D eigenvalue weighted by Gasteiger charge is -2.22. The molecule has 40 heavy (non-hydrogen) atoms. The molecule has 194 valence electrons. The monoisotopic (exact) mass is 538 g/mol. The number of ether oxygens (including phenoxy) is 1. The second-order valence-corrected chi connectivity index (χ2v) is 12.1. The summed E-state index contributed by atoms with van der Waals surface area (Å²) < 4.78 is 6.36. The average molecular weight is 539 g/mol. The molecule has 2 aliphatic rings. The van der Waals surface area contributed by atoms with Crippen LogP contribution >= 0.6 is 7.92 Å². The molecule has 2 unspecified atom stereocenters. The standard InChI is InChI=1S/C35H27N2O2P/c38-34(29-20-10-12-22-32(29)40(25-14-3-1-4-15-25)26-16-5-2-6-17-26)36-30-21-11-9-19-28(30)35-37-33-27-18-8-7-13-24(27)23-31(33)39-35/h1-22,31,33H,23H2,(H,36,38). The molecule has 7 rings (SSSR count). The highest BCUT2D eigenvalue weighted by molar-refractivity contribution is 7.80. The smallest absolute Gasteiger partial charge is 0.256 e. The van der Waals surface area contributed by atoms with Crippen LogP contribution in [0.4, 0.5) is 5.69 Å². The van der Waals surface area contributed by atoms with Crippen molar-refractivity contribution in [3.63, 3.8) is 0 Å². The van der Waals surface area contributed by atoms with Gasteiger partial charge in [0.25, 0.3) is 5.91 Å². The van der Waals surface area contributed by atoms with E-state index in [4.69, 9.17) is 9.73 Å². The molecule has 1 heterocycles. The summed E-state index contributed by atoms with van der Waals surface area (Å²) in [4.78, 5) is 18.9. The van der Waals surface area contributed by atoms with Gasteiger partial charge in [-0.25, -0.2) is 4.99 Å². The number of para-hydroxylation sites is 1. The first-order chi connectivity index (χ1) is 19.8.